The molecule has 0 aliphatic carbocycles. The summed E-state index contributed by atoms with van der Waals surface area (Å²) in [5.74, 6) is -3.18. The Kier molecular flexibility index (Phi) is 3.90. The predicted octanol–water partition coefficient (Wildman–Crippen LogP) is 2.36. The molecule has 1 unspecified atom stereocenters. The van der Waals surface area contributed by atoms with Crippen molar-refractivity contribution in [2.45, 2.75) is 12.4 Å². The number of urea groups is 1. The van der Waals surface area contributed by atoms with Crippen LogP contribution in [0.15, 0.2) is 24.3 Å². The number of carbonyl (C=O) groups excluding carboxylic acids is 1. The average molecular weight is 288 g/mol. The molecule has 1 saturated heterocycles. The van der Waals surface area contributed by atoms with Crippen molar-refractivity contribution in [3.05, 3.63) is 29.8 Å². The van der Waals surface area contributed by atoms with Crippen LogP contribution >= 0.6 is 9.24 Å². The summed E-state index contributed by atoms with van der Waals surface area (Å²) in [6, 6.07) is 6.28. The van der Waals surface area contributed by atoms with Crippen LogP contribution in [0.2, 0.25) is 0 Å². The highest BCUT2D eigenvalue weighted by Crippen LogP contribution is 2.27. The summed E-state index contributed by atoms with van der Waals surface area (Å²) in [5.41, 5.74) is 0.878. The predicted molar refractivity (Wildman–Crippen MR) is 70.2 cm³/mol. The second-order valence-electron chi connectivity index (χ2n) is 4.43. The molecular weight excluding hydrogens is 273 g/mol. The van der Waals surface area contributed by atoms with Crippen molar-refractivity contribution in [2.24, 2.45) is 0 Å². The molecular formula is C12H15F2N2O2P. The first-order valence-corrected chi connectivity index (χ1v) is 6.37. The molecule has 0 saturated carbocycles. The Labute approximate surface area is 112 Å². The summed E-state index contributed by atoms with van der Waals surface area (Å²) in [7, 11) is 3.07. The number of rotatable bonds is 4. The van der Waals surface area contributed by atoms with Gasteiger partial charge in [0, 0.05) is 26.7 Å². The maximum Gasteiger partial charge on any atom is 0.408 e. The molecule has 0 aromatic heterocycles. The van der Waals surface area contributed by atoms with Crippen molar-refractivity contribution in [1.29, 1.82) is 0 Å². The van der Waals surface area contributed by atoms with E-state index in [9.17, 15) is 13.6 Å². The van der Waals surface area contributed by atoms with Gasteiger partial charge in [0.1, 0.15) is 5.75 Å². The first kappa shape index (κ1) is 14.0. The number of ether oxygens (including phenoxy) is 1. The molecule has 2 amide bonds. The van der Waals surface area contributed by atoms with E-state index in [1.165, 1.54) is 21.4 Å². The van der Waals surface area contributed by atoms with Crippen molar-refractivity contribution in [1.82, 2.24) is 9.80 Å². The molecule has 1 aromatic rings. The van der Waals surface area contributed by atoms with E-state index in [1.54, 1.807) is 29.0 Å². The quantitative estimate of drug-likeness (QED) is 0.797. The van der Waals surface area contributed by atoms with Gasteiger partial charge in [0.2, 0.25) is 0 Å². The lowest BCUT2D eigenvalue weighted by Crippen LogP contribution is -2.28. The first-order chi connectivity index (χ1) is 8.85. The summed E-state index contributed by atoms with van der Waals surface area (Å²) in [4.78, 5) is 15.0. The minimum Gasteiger partial charge on any atom is -0.430 e. The molecule has 1 fully saturated rings. The second kappa shape index (κ2) is 5.29. The number of benzene rings is 1. The van der Waals surface area contributed by atoms with Gasteiger partial charge in [-0.25, -0.2) is 4.79 Å². The Morgan fingerprint density at radius 3 is 2.42 bits per heavy atom. The fraction of sp³-hybridized carbons (Fsp3) is 0.417. The summed E-state index contributed by atoms with van der Waals surface area (Å²) in [5, 5.41) is 0. The fourth-order valence-electron chi connectivity index (χ4n) is 1.89. The number of nitrogens with zero attached hydrogens (tertiary/aromatic N) is 2. The summed E-state index contributed by atoms with van der Waals surface area (Å²) >= 11 is 0. The average Bonchev–Trinajstić information content (AvgIpc) is 2.62. The molecule has 0 spiro atoms. The minimum absolute atomic E-state index is 0.0168. The Hall–Kier alpha value is -1.42. The molecule has 0 N–H and O–H groups in total. The number of likely N-dealkylation sites (N-methyl/N-ethyl adjacent to an activating group) is 1. The van der Waals surface area contributed by atoms with E-state index in [1.807, 2.05) is 0 Å². The van der Waals surface area contributed by atoms with Crippen molar-refractivity contribution in [3.8, 4) is 5.75 Å². The minimum atomic E-state index is -3.27. The van der Waals surface area contributed by atoms with E-state index < -0.39 is 5.85 Å². The number of hydrogen-bond acceptors (Lipinski definition) is 2. The zero-order valence-corrected chi connectivity index (χ0v) is 11.6. The van der Waals surface area contributed by atoms with Crippen LogP contribution in [0.5, 0.6) is 5.75 Å². The third kappa shape index (κ3) is 3.77. The second-order valence-corrected chi connectivity index (χ2v) is 5.11. The lowest BCUT2D eigenvalue weighted by atomic mass is 10.2. The summed E-state index contributed by atoms with van der Waals surface area (Å²) in [6.07, 6.45) is 0. The zero-order valence-electron chi connectivity index (χ0n) is 10.5. The number of amides is 2. The summed E-state index contributed by atoms with van der Waals surface area (Å²) in [6.45, 7) is 1.86. The lowest BCUT2D eigenvalue weighted by molar-refractivity contribution is -0.0892. The van der Waals surface area contributed by atoms with Crippen molar-refractivity contribution >= 4 is 15.3 Å². The third-order valence-corrected chi connectivity index (χ3v) is 2.97. The maximum atomic E-state index is 12.6. The molecule has 0 bridgehead atoms. The van der Waals surface area contributed by atoms with Crippen LogP contribution in [0.25, 0.3) is 0 Å². The van der Waals surface area contributed by atoms with Crippen molar-refractivity contribution in [3.63, 3.8) is 0 Å². The number of alkyl halides is 2. The normalized spacial score (nSPS) is 16.1. The molecule has 19 heavy (non-hydrogen) atoms. The lowest BCUT2D eigenvalue weighted by Gasteiger charge is -2.17. The van der Waals surface area contributed by atoms with Gasteiger partial charge in [0.05, 0.1) is 0 Å². The molecule has 4 nitrogen and oxygen atoms in total. The molecule has 2 rings (SSSR count). The SMILES string of the molecule is CN1CCN(Cc2ccc(OC(F)(F)P)cc2)C1=O. The van der Waals surface area contributed by atoms with Crippen LogP contribution in [0.3, 0.4) is 0 Å². The third-order valence-electron chi connectivity index (χ3n) is 2.85. The van der Waals surface area contributed by atoms with E-state index in [4.69, 9.17) is 0 Å². The van der Waals surface area contributed by atoms with Gasteiger partial charge in [-0.1, -0.05) is 12.1 Å². The van der Waals surface area contributed by atoms with Crippen LogP contribution in [-0.4, -0.2) is 41.8 Å². The topological polar surface area (TPSA) is 32.8 Å². The van der Waals surface area contributed by atoms with Gasteiger partial charge in [-0.2, -0.15) is 8.78 Å². The van der Waals surface area contributed by atoms with Gasteiger partial charge < -0.3 is 14.5 Å². The van der Waals surface area contributed by atoms with Crippen molar-refractivity contribution < 1.29 is 18.3 Å². The molecule has 1 atom stereocenters. The highest BCUT2D eigenvalue weighted by molar-refractivity contribution is 7.17. The standard InChI is InChI=1S/C12H15F2N2O2P/c1-15-6-7-16(11(15)17)8-9-2-4-10(5-3-9)18-12(13,14)19/h2-5H,6-8,19H2,1H3. The Morgan fingerprint density at radius 2 is 1.95 bits per heavy atom. The molecule has 1 heterocycles. The van der Waals surface area contributed by atoms with Crippen LogP contribution in [0.4, 0.5) is 13.6 Å². The van der Waals surface area contributed by atoms with Gasteiger partial charge in [-0.15, -0.1) is 0 Å². The van der Waals surface area contributed by atoms with Crippen LogP contribution in [0, 0.1) is 0 Å². The summed E-state index contributed by atoms with van der Waals surface area (Å²) < 4.78 is 29.6. The monoisotopic (exact) mass is 288 g/mol. The van der Waals surface area contributed by atoms with E-state index in [0.717, 1.165) is 5.56 Å². The van der Waals surface area contributed by atoms with Crippen molar-refractivity contribution in [2.75, 3.05) is 20.1 Å². The van der Waals surface area contributed by atoms with Gasteiger partial charge in [-0.05, 0) is 26.9 Å². The number of carbonyl (C=O) groups is 1. The largest absolute Gasteiger partial charge is 0.430 e. The Bertz CT molecular complexity index is 462. The van der Waals surface area contributed by atoms with E-state index in [2.05, 4.69) is 4.74 Å². The van der Waals surface area contributed by atoms with Crippen LogP contribution < -0.4 is 4.74 Å². The molecule has 1 aliphatic rings. The zero-order chi connectivity index (χ0) is 14.0. The van der Waals surface area contributed by atoms with E-state index in [0.29, 0.717) is 19.6 Å². The molecule has 1 aromatic carbocycles. The fourth-order valence-corrected chi connectivity index (χ4v) is 2.03. The van der Waals surface area contributed by atoms with Gasteiger partial charge in [-0.3, -0.25) is 0 Å². The first-order valence-electron chi connectivity index (χ1n) is 5.80. The highest BCUT2D eigenvalue weighted by Gasteiger charge is 2.25. The van der Waals surface area contributed by atoms with Crippen LogP contribution in [-0.2, 0) is 6.54 Å². The molecule has 7 heteroatoms. The van der Waals surface area contributed by atoms with Gasteiger partial charge in [0.15, 0.2) is 0 Å². The smallest absolute Gasteiger partial charge is 0.408 e. The van der Waals surface area contributed by atoms with Crippen LogP contribution in [0.1, 0.15) is 5.56 Å². The molecule has 104 valence electrons. The maximum absolute atomic E-state index is 12.6. The van der Waals surface area contributed by atoms with E-state index in [-0.39, 0.29) is 11.8 Å². The van der Waals surface area contributed by atoms with E-state index >= 15 is 0 Å². The molecule has 0 radical (unpaired) electrons. The van der Waals surface area contributed by atoms with Gasteiger partial charge in [0.25, 0.3) is 0 Å². The highest BCUT2D eigenvalue weighted by atomic mass is 31.0. The van der Waals surface area contributed by atoms with Gasteiger partial charge >= 0.3 is 11.9 Å². The Morgan fingerprint density at radius 1 is 1.32 bits per heavy atom. The number of hydrogen-bond donors (Lipinski definition) is 0. The molecule has 1 aliphatic heterocycles. The Balaban J connectivity index is 1.97. The number of halogens is 2.